The van der Waals surface area contributed by atoms with Crippen LogP contribution < -0.4 is 5.73 Å². The van der Waals surface area contributed by atoms with Gasteiger partial charge in [0.2, 0.25) is 5.95 Å². The molecule has 17 heavy (non-hydrogen) atoms. The van der Waals surface area contributed by atoms with Crippen LogP contribution in [0.2, 0.25) is 0 Å². The summed E-state index contributed by atoms with van der Waals surface area (Å²) < 4.78 is 1.97. The first-order valence-corrected chi connectivity index (χ1v) is 6.21. The quantitative estimate of drug-likeness (QED) is 0.750. The molecule has 0 spiro atoms. The number of fused-ring (bicyclic) bond motifs is 1. The van der Waals surface area contributed by atoms with E-state index in [1.165, 1.54) is 0 Å². The van der Waals surface area contributed by atoms with Gasteiger partial charge in [0.25, 0.3) is 0 Å². The summed E-state index contributed by atoms with van der Waals surface area (Å²) in [6.45, 7) is 2.06. The van der Waals surface area contributed by atoms with Crippen molar-refractivity contribution in [3.05, 3.63) is 29.7 Å². The first-order chi connectivity index (χ1) is 8.29. The minimum atomic E-state index is 0.297. The van der Waals surface area contributed by atoms with Crippen molar-refractivity contribution in [2.75, 3.05) is 5.73 Å². The van der Waals surface area contributed by atoms with Crippen molar-refractivity contribution in [2.45, 2.75) is 13.3 Å². The zero-order valence-electron chi connectivity index (χ0n) is 9.29. The van der Waals surface area contributed by atoms with Gasteiger partial charge in [0.15, 0.2) is 5.82 Å². The highest BCUT2D eigenvalue weighted by Gasteiger charge is 2.11. The van der Waals surface area contributed by atoms with Crippen LogP contribution in [-0.2, 0) is 6.42 Å². The number of nitrogens with two attached hydrogens (primary N) is 1. The van der Waals surface area contributed by atoms with Gasteiger partial charge in [-0.1, -0.05) is 6.92 Å². The van der Waals surface area contributed by atoms with E-state index >= 15 is 0 Å². The summed E-state index contributed by atoms with van der Waals surface area (Å²) in [7, 11) is 0. The third-order valence-corrected chi connectivity index (χ3v) is 3.39. The van der Waals surface area contributed by atoms with Gasteiger partial charge >= 0.3 is 0 Å². The van der Waals surface area contributed by atoms with Gasteiger partial charge in [0.1, 0.15) is 10.7 Å². The fraction of sp³-hybridized carbons (Fsp3) is 0.182. The monoisotopic (exact) mass is 245 g/mol. The highest BCUT2D eigenvalue weighted by atomic mass is 32.1. The number of rotatable bonds is 2. The molecule has 0 fully saturated rings. The zero-order valence-corrected chi connectivity index (χ0v) is 10.1. The summed E-state index contributed by atoms with van der Waals surface area (Å²) in [5.74, 6) is 2.07. The van der Waals surface area contributed by atoms with E-state index in [9.17, 15) is 0 Å². The third-order valence-electron chi connectivity index (χ3n) is 2.58. The average Bonchev–Trinajstić information content (AvgIpc) is 2.95. The van der Waals surface area contributed by atoms with E-state index in [4.69, 9.17) is 5.73 Å². The molecule has 0 unspecified atom stereocenters. The minimum Gasteiger partial charge on any atom is -0.368 e. The van der Waals surface area contributed by atoms with Crippen molar-refractivity contribution in [1.29, 1.82) is 0 Å². The number of aryl methyl sites for hydroxylation is 1. The van der Waals surface area contributed by atoms with E-state index in [1.54, 1.807) is 17.5 Å². The van der Waals surface area contributed by atoms with Crippen LogP contribution in [-0.4, -0.2) is 19.5 Å². The number of imidazole rings is 1. The molecule has 0 saturated carbocycles. The maximum Gasteiger partial charge on any atom is 0.223 e. The Bertz CT molecular complexity index is 669. The van der Waals surface area contributed by atoms with Crippen molar-refractivity contribution in [3.63, 3.8) is 0 Å². The van der Waals surface area contributed by atoms with Gasteiger partial charge in [-0.2, -0.15) is 4.98 Å². The molecule has 3 heterocycles. The van der Waals surface area contributed by atoms with E-state index in [0.29, 0.717) is 5.95 Å². The summed E-state index contributed by atoms with van der Waals surface area (Å²) >= 11 is 1.56. The lowest BCUT2D eigenvalue weighted by Crippen LogP contribution is -2.05. The topological polar surface area (TPSA) is 69.6 Å². The van der Waals surface area contributed by atoms with Crippen LogP contribution in [0.4, 0.5) is 5.95 Å². The number of nitrogen functional groups attached to an aromatic ring is 1. The Morgan fingerprint density at radius 3 is 3.12 bits per heavy atom. The van der Waals surface area contributed by atoms with Crippen LogP contribution in [0.3, 0.4) is 0 Å². The molecule has 3 aromatic heterocycles. The molecule has 0 aliphatic rings. The number of nitrogens with zero attached hydrogens (tertiary/aromatic N) is 4. The Labute approximate surface area is 102 Å². The Hall–Kier alpha value is -1.95. The predicted octanol–water partition coefficient (Wildman–Crippen LogP) is 2.02. The highest BCUT2D eigenvalue weighted by molar-refractivity contribution is 7.16. The second-order valence-electron chi connectivity index (χ2n) is 3.61. The summed E-state index contributed by atoms with van der Waals surface area (Å²) in [5, 5.41) is 3.00. The lowest BCUT2D eigenvalue weighted by molar-refractivity contribution is 0.873. The highest BCUT2D eigenvalue weighted by Crippen LogP contribution is 2.25. The fourth-order valence-corrected chi connectivity index (χ4v) is 2.59. The molecule has 0 radical (unpaired) electrons. The van der Waals surface area contributed by atoms with E-state index < -0.39 is 0 Å². The smallest absolute Gasteiger partial charge is 0.223 e. The lowest BCUT2D eigenvalue weighted by Gasteiger charge is -2.07. The van der Waals surface area contributed by atoms with Gasteiger partial charge in [-0.15, -0.1) is 11.3 Å². The van der Waals surface area contributed by atoms with Crippen LogP contribution >= 0.6 is 11.3 Å². The van der Waals surface area contributed by atoms with Crippen molar-refractivity contribution in [1.82, 2.24) is 19.5 Å². The molecule has 0 bridgehead atoms. The molecule has 0 aromatic carbocycles. The van der Waals surface area contributed by atoms with Gasteiger partial charge in [-0.3, -0.25) is 4.57 Å². The van der Waals surface area contributed by atoms with Gasteiger partial charge < -0.3 is 5.73 Å². The SMILES string of the molecule is CCc1nccn1-c1nc(N)nc2sccc12. The number of thiophene rings is 1. The van der Waals surface area contributed by atoms with Crippen LogP contribution in [0, 0.1) is 0 Å². The standard InChI is InChI=1S/C11H11N5S/c1-2-8-13-4-5-16(8)9-7-3-6-17-10(7)15-11(12)14-9/h3-6H,2H2,1H3,(H2,12,14,15). The summed E-state index contributed by atoms with van der Waals surface area (Å²) in [4.78, 5) is 13.7. The Balaban J connectivity index is 2.32. The first-order valence-electron chi connectivity index (χ1n) is 5.33. The predicted molar refractivity (Wildman–Crippen MR) is 68.3 cm³/mol. The largest absolute Gasteiger partial charge is 0.368 e. The fourth-order valence-electron chi connectivity index (χ4n) is 1.83. The Morgan fingerprint density at radius 2 is 2.29 bits per heavy atom. The van der Waals surface area contributed by atoms with E-state index in [2.05, 4.69) is 21.9 Å². The second kappa shape index (κ2) is 3.81. The summed E-state index contributed by atoms with van der Waals surface area (Å²) in [6, 6.07) is 2.01. The Morgan fingerprint density at radius 1 is 1.41 bits per heavy atom. The average molecular weight is 245 g/mol. The van der Waals surface area contributed by atoms with Crippen molar-refractivity contribution < 1.29 is 0 Å². The molecule has 0 saturated heterocycles. The molecular weight excluding hydrogens is 234 g/mol. The molecule has 86 valence electrons. The zero-order chi connectivity index (χ0) is 11.8. The molecule has 0 aliphatic heterocycles. The normalized spacial score (nSPS) is 11.1. The van der Waals surface area contributed by atoms with Gasteiger partial charge in [-0.25, -0.2) is 9.97 Å². The van der Waals surface area contributed by atoms with Crippen LogP contribution in [0.15, 0.2) is 23.8 Å². The third kappa shape index (κ3) is 1.57. The molecule has 2 N–H and O–H groups in total. The van der Waals surface area contributed by atoms with Crippen molar-refractivity contribution in [2.24, 2.45) is 0 Å². The molecule has 5 nitrogen and oxygen atoms in total. The maximum absolute atomic E-state index is 5.73. The van der Waals surface area contributed by atoms with Crippen molar-refractivity contribution >= 4 is 27.5 Å². The first kappa shape index (κ1) is 10.2. The minimum absolute atomic E-state index is 0.297. The number of aromatic nitrogens is 4. The maximum atomic E-state index is 5.73. The van der Waals surface area contributed by atoms with Crippen molar-refractivity contribution in [3.8, 4) is 5.82 Å². The molecule has 0 atom stereocenters. The summed E-state index contributed by atoms with van der Waals surface area (Å²) in [5.41, 5.74) is 5.73. The Kier molecular flexibility index (Phi) is 2.29. The number of hydrogen-bond donors (Lipinski definition) is 1. The van der Waals surface area contributed by atoms with Gasteiger partial charge in [0.05, 0.1) is 5.39 Å². The molecular formula is C11H11N5S. The molecule has 3 aromatic rings. The van der Waals surface area contributed by atoms with Gasteiger partial charge in [0, 0.05) is 18.8 Å². The van der Waals surface area contributed by atoms with Gasteiger partial charge in [-0.05, 0) is 11.4 Å². The molecule has 3 rings (SSSR count). The molecule has 0 amide bonds. The van der Waals surface area contributed by atoms with E-state index in [1.807, 2.05) is 22.2 Å². The van der Waals surface area contributed by atoms with Crippen LogP contribution in [0.1, 0.15) is 12.7 Å². The van der Waals surface area contributed by atoms with E-state index in [-0.39, 0.29) is 0 Å². The summed E-state index contributed by atoms with van der Waals surface area (Å²) in [6.07, 6.45) is 4.52. The number of anilines is 1. The van der Waals surface area contributed by atoms with E-state index in [0.717, 1.165) is 28.3 Å². The van der Waals surface area contributed by atoms with Crippen LogP contribution in [0.25, 0.3) is 16.0 Å². The second-order valence-corrected chi connectivity index (χ2v) is 4.51. The lowest BCUT2D eigenvalue weighted by atomic mass is 10.3. The number of hydrogen-bond acceptors (Lipinski definition) is 5. The van der Waals surface area contributed by atoms with Crippen LogP contribution in [0.5, 0.6) is 0 Å². The molecule has 6 heteroatoms. The molecule has 0 aliphatic carbocycles.